The fourth-order valence-electron chi connectivity index (χ4n) is 4.59. The molecular weight excluding hydrogens is 502 g/mol. The lowest BCUT2D eigenvalue weighted by Gasteiger charge is -2.41. The average Bonchev–Trinajstić information content (AvgIpc) is 2.90. The Kier molecular flexibility index (Phi) is 9.71. The van der Waals surface area contributed by atoms with Gasteiger partial charge in [0.25, 0.3) is 5.91 Å². The molecule has 0 aromatic carbocycles. The lowest BCUT2D eigenvalue weighted by molar-refractivity contribution is -0.169. The first-order valence-corrected chi connectivity index (χ1v) is 12.1. The van der Waals surface area contributed by atoms with Crippen LogP contribution in [0.15, 0.2) is 24.5 Å². The number of carbonyl (C=O) groups excluding carboxylic acids is 5. The van der Waals surface area contributed by atoms with E-state index in [1.165, 1.54) is 0 Å². The van der Waals surface area contributed by atoms with Crippen LogP contribution in [0.1, 0.15) is 31.4 Å². The number of ether oxygens (including phenoxy) is 2. The van der Waals surface area contributed by atoms with E-state index in [9.17, 15) is 28.8 Å². The molecule has 3 atom stereocenters. The third kappa shape index (κ3) is 7.03. The van der Waals surface area contributed by atoms with Gasteiger partial charge in [-0.3, -0.25) is 33.8 Å². The molecule has 2 saturated heterocycles. The summed E-state index contributed by atoms with van der Waals surface area (Å²) in [6, 6.07) is 1.86. The summed E-state index contributed by atoms with van der Waals surface area (Å²) >= 11 is 0. The molecule has 0 saturated carbocycles. The van der Waals surface area contributed by atoms with Crippen LogP contribution in [0.25, 0.3) is 0 Å². The first kappa shape index (κ1) is 28.5. The Morgan fingerprint density at radius 2 is 1.84 bits per heavy atom. The van der Waals surface area contributed by atoms with Gasteiger partial charge in [-0.15, -0.1) is 0 Å². The smallest absolute Gasteiger partial charge is 0.323 e. The van der Waals surface area contributed by atoms with E-state index in [0.717, 1.165) is 29.4 Å². The highest BCUT2D eigenvalue weighted by molar-refractivity contribution is 5.96. The molecule has 2 aliphatic heterocycles. The number of aromatic nitrogens is 1. The summed E-state index contributed by atoms with van der Waals surface area (Å²) in [4.78, 5) is 82.7. The number of carboxylic acids is 1. The number of aliphatic carboxylic acids is 1. The molecule has 3 rings (SSSR count). The minimum atomic E-state index is -1.55. The largest absolute Gasteiger partial charge is 0.480 e. The maximum Gasteiger partial charge on any atom is 0.323 e. The van der Waals surface area contributed by atoms with Crippen molar-refractivity contribution in [2.24, 2.45) is 0 Å². The summed E-state index contributed by atoms with van der Waals surface area (Å²) in [6.07, 6.45) is 0.668. The van der Waals surface area contributed by atoms with Gasteiger partial charge in [0.1, 0.15) is 12.6 Å². The van der Waals surface area contributed by atoms with Gasteiger partial charge in [-0.25, -0.2) is 0 Å². The minimum absolute atomic E-state index is 0.114. The van der Waals surface area contributed by atoms with E-state index in [0.29, 0.717) is 19.6 Å². The van der Waals surface area contributed by atoms with Crippen molar-refractivity contribution in [3.05, 3.63) is 30.1 Å². The number of carbonyl (C=O) groups is 6. The molecule has 1 aromatic rings. The Morgan fingerprint density at radius 1 is 1.13 bits per heavy atom. The molecule has 38 heavy (non-hydrogen) atoms. The molecule has 3 heterocycles. The summed E-state index contributed by atoms with van der Waals surface area (Å²) in [7, 11) is 1.11. The molecular formula is C24H31N5O9. The zero-order chi connectivity index (χ0) is 27.8. The summed E-state index contributed by atoms with van der Waals surface area (Å²) in [5.41, 5.74) is 0.842. The molecule has 2 aliphatic rings. The van der Waals surface area contributed by atoms with E-state index in [4.69, 9.17) is 9.84 Å². The predicted octanol–water partition coefficient (Wildman–Crippen LogP) is -1.44. The minimum Gasteiger partial charge on any atom is -0.480 e. The van der Waals surface area contributed by atoms with Crippen molar-refractivity contribution >= 4 is 35.6 Å². The zero-order valence-corrected chi connectivity index (χ0v) is 21.2. The van der Waals surface area contributed by atoms with Crippen molar-refractivity contribution in [1.82, 2.24) is 25.0 Å². The fraction of sp³-hybridized carbons (Fsp3) is 0.542. The number of nitrogens with one attached hydrogen (secondary N) is 1. The molecule has 3 amide bonds. The number of amides is 3. The first-order valence-electron chi connectivity index (χ1n) is 12.1. The molecule has 0 bridgehead atoms. The Morgan fingerprint density at radius 3 is 2.47 bits per heavy atom. The summed E-state index contributed by atoms with van der Waals surface area (Å²) < 4.78 is 9.88. The highest BCUT2D eigenvalue weighted by atomic mass is 16.5. The van der Waals surface area contributed by atoms with E-state index < -0.39 is 67.2 Å². The van der Waals surface area contributed by atoms with Gasteiger partial charge in [-0.2, -0.15) is 0 Å². The molecule has 2 fully saturated rings. The van der Waals surface area contributed by atoms with Crippen LogP contribution in [-0.4, -0.2) is 119 Å². The van der Waals surface area contributed by atoms with Crippen molar-refractivity contribution in [1.29, 1.82) is 0 Å². The van der Waals surface area contributed by atoms with Crippen LogP contribution in [-0.2, 0) is 38.2 Å². The van der Waals surface area contributed by atoms with Gasteiger partial charge in [0, 0.05) is 52.0 Å². The Hall–Kier alpha value is -4.07. The van der Waals surface area contributed by atoms with Crippen LogP contribution in [0.2, 0.25) is 0 Å². The molecule has 14 heteroatoms. The van der Waals surface area contributed by atoms with E-state index >= 15 is 0 Å². The molecule has 2 N–H and O–H groups in total. The quantitative estimate of drug-likeness (QED) is 0.356. The predicted molar refractivity (Wildman–Crippen MR) is 128 cm³/mol. The lowest BCUT2D eigenvalue weighted by Crippen LogP contribution is -2.62. The number of methoxy groups -OCH3 is 1. The number of pyridine rings is 1. The standard InChI is InChI=1S/C24H31N5O9/c1-15(30)38-19(12-20(31)28-8-7-26-13-18(28)16-3-5-25-6-4-16)24(36)29-10-9-27(14-21(32)33)23(35)17(29)11-22(34)37-2/h3-6,17-19,26H,7-14H2,1-2H3,(H,32,33)/t17-,18?,19-/m0/s1. The number of hydrogen-bond donors (Lipinski definition) is 2. The molecule has 206 valence electrons. The van der Waals surface area contributed by atoms with Gasteiger partial charge in [-0.05, 0) is 17.7 Å². The van der Waals surface area contributed by atoms with Crippen molar-refractivity contribution in [3.63, 3.8) is 0 Å². The van der Waals surface area contributed by atoms with E-state index in [1.807, 2.05) is 0 Å². The Balaban J connectivity index is 1.83. The SMILES string of the molecule is COC(=O)C[C@H]1C(=O)N(CC(=O)O)CCN1C(=O)[C@H](CC(=O)N1CCNCC1c1ccncc1)OC(C)=O. The van der Waals surface area contributed by atoms with Crippen molar-refractivity contribution in [3.8, 4) is 0 Å². The lowest BCUT2D eigenvalue weighted by atomic mass is 10.0. The Labute approximate surface area is 218 Å². The van der Waals surface area contributed by atoms with E-state index in [1.54, 1.807) is 29.4 Å². The van der Waals surface area contributed by atoms with Crippen LogP contribution >= 0.6 is 0 Å². The fourth-order valence-corrected chi connectivity index (χ4v) is 4.59. The van der Waals surface area contributed by atoms with Crippen LogP contribution in [0.4, 0.5) is 0 Å². The van der Waals surface area contributed by atoms with Gasteiger partial charge in [-0.1, -0.05) is 0 Å². The highest BCUT2D eigenvalue weighted by Gasteiger charge is 2.43. The second kappa shape index (κ2) is 12.9. The van der Waals surface area contributed by atoms with Crippen molar-refractivity contribution < 1.29 is 43.3 Å². The number of nitrogens with zero attached hydrogens (tertiary/aromatic N) is 4. The van der Waals surface area contributed by atoms with Crippen molar-refractivity contribution in [2.45, 2.75) is 38.0 Å². The van der Waals surface area contributed by atoms with Gasteiger partial charge < -0.3 is 34.6 Å². The van der Waals surface area contributed by atoms with Crippen LogP contribution in [0.5, 0.6) is 0 Å². The van der Waals surface area contributed by atoms with Gasteiger partial charge in [0.05, 0.1) is 26.0 Å². The third-order valence-corrected chi connectivity index (χ3v) is 6.38. The van der Waals surface area contributed by atoms with Crippen LogP contribution < -0.4 is 5.32 Å². The molecule has 1 aromatic heterocycles. The number of piperazine rings is 2. The molecule has 0 aliphatic carbocycles. The molecule has 14 nitrogen and oxygen atoms in total. The zero-order valence-electron chi connectivity index (χ0n) is 21.2. The van der Waals surface area contributed by atoms with E-state index in [2.05, 4.69) is 15.0 Å². The monoisotopic (exact) mass is 533 g/mol. The number of hydrogen-bond acceptors (Lipinski definition) is 10. The number of carboxylic acid groups (broad SMARTS) is 1. The summed E-state index contributed by atoms with van der Waals surface area (Å²) in [5, 5.41) is 12.3. The highest BCUT2D eigenvalue weighted by Crippen LogP contribution is 2.24. The summed E-state index contributed by atoms with van der Waals surface area (Å²) in [5.74, 6) is -4.88. The maximum absolute atomic E-state index is 13.6. The third-order valence-electron chi connectivity index (χ3n) is 6.38. The van der Waals surface area contributed by atoms with E-state index in [-0.39, 0.29) is 19.1 Å². The molecule has 1 unspecified atom stereocenters. The van der Waals surface area contributed by atoms with Crippen molar-refractivity contribution in [2.75, 3.05) is 46.4 Å². The van der Waals surface area contributed by atoms with Crippen LogP contribution in [0, 0.1) is 0 Å². The second-order valence-electron chi connectivity index (χ2n) is 8.87. The molecule has 0 spiro atoms. The molecule has 0 radical (unpaired) electrons. The normalized spacial score (nSPS) is 20.5. The van der Waals surface area contributed by atoms with Gasteiger partial charge in [0.2, 0.25) is 11.8 Å². The Bertz CT molecular complexity index is 1070. The maximum atomic E-state index is 13.6. The topological polar surface area (TPSA) is 176 Å². The number of esters is 2. The first-order chi connectivity index (χ1) is 18.1. The second-order valence-corrected chi connectivity index (χ2v) is 8.87. The average molecular weight is 534 g/mol. The van der Waals surface area contributed by atoms with Gasteiger partial charge in [0.15, 0.2) is 6.10 Å². The summed E-state index contributed by atoms with van der Waals surface area (Å²) in [6.45, 7) is 1.60. The van der Waals surface area contributed by atoms with Crippen LogP contribution in [0.3, 0.4) is 0 Å². The van der Waals surface area contributed by atoms with Gasteiger partial charge >= 0.3 is 17.9 Å². The number of rotatable bonds is 9.